The maximum atomic E-state index is 13.3. The number of carbonyl (C=O) groups is 1. The molecular weight excluding hydrogens is 428 g/mol. The second-order valence-electron chi connectivity index (χ2n) is 8.95. The number of methoxy groups -OCH3 is 1. The minimum absolute atomic E-state index is 0.0401. The van der Waals surface area contributed by atoms with Gasteiger partial charge in [0.1, 0.15) is 6.33 Å². The molecule has 0 radical (unpaired) electrons. The first kappa shape index (κ1) is 20.7. The molecule has 2 saturated heterocycles. The third-order valence-electron chi connectivity index (χ3n) is 6.95. The number of ether oxygens (including phenoxy) is 1. The van der Waals surface area contributed by atoms with Crippen molar-refractivity contribution in [3.05, 3.63) is 66.9 Å². The Kier molecular flexibility index (Phi) is 4.95. The van der Waals surface area contributed by atoms with E-state index in [-0.39, 0.29) is 11.9 Å². The fourth-order valence-corrected chi connectivity index (χ4v) is 5.10. The van der Waals surface area contributed by atoms with E-state index in [9.17, 15) is 4.79 Å². The van der Waals surface area contributed by atoms with Crippen LogP contribution in [-0.4, -0.2) is 75.0 Å². The summed E-state index contributed by atoms with van der Waals surface area (Å²) in [5.41, 5.74) is 4.93. The van der Waals surface area contributed by atoms with Gasteiger partial charge in [-0.25, -0.2) is 15.0 Å². The zero-order chi connectivity index (χ0) is 23.2. The van der Waals surface area contributed by atoms with E-state index in [1.54, 1.807) is 32.0 Å². The Hall–Kier alpha value is -3.91. The van der Waals surface area contributed by atoms with Crippen LogP contribution in [0, 0.1) is 0 Å². The molecule has 0 unspecified atom stereocenters. The minimum Gasteiger partial charge on any atom is -0.481 e. The standard InChI is InChI=1S/C26H24N6O2/c1-31-13-21-9-20(31)14-32(21)26(33)19-7-18(10-27-11-19)25-22-8-16(3-5-23(22)29-15-30-25)17-4-6-24(34-2)28-12-17/h3-8,10-12,15,20-21H,9,13-14H2,1-2H3/t20-,21-/m0/s1. The first-order valence-electron chi connectivity index (χ1n) is 11.3. The van der Waals surface area contributed by atoms with E-state index in [4.69, 9.17) is 4.74 Å². The van der Waals surface area contributed by atoms with Crippen LogP contribution in [-0.2, 0) is 0 Å². The number of hydrogen-bond acceptors (Lipinski definition) is 7. The number of amides is 1. The molecule has 0 aliphatic carbocycles. The third kappa shape index (κ3) is 3.47. The van der Waals surface area contributed by atoms with Gasteiger partial charge in [-0.1, -0.05) is 6.07 Å². The molecule has 1 aromatic carbocycles. The van der Waals surface area contributed by atoms with Gasteiger partial charge in [-0.3, -0.25) is 14.7 Å². The van der Waals surface area contributed by atoms with Crippen LogP contribution in [0.2, 0.25) is 0 Å². The van der Waals surface area contributed by atoms with Crippen molar-refractivity contribution in [1.29, 1.82) is 0 Å². The maximum absolute atomic E-state index is 13.3. The second-order valence-corrected chi connectivity index (χ2v) is 8.95. The normalized spacial score (nSPS) is 19.6. The number of hydrogen-bond donors (Lipinski definition) is 0. The molecule has 6 rings (SSSR count). The molecule has 2 aliphatic heterocycles. The molecule has 0 saturated carbocycles. The molecule has 170 valence electrons. The number of likely N-dealkylation sites (N-methyl/N-ethyl adjacent to an activating group) is 1. The number of carbonyl (C=O) groups excluding carboxylic acids is 1. The summed E-state index contributed by atoms with van der Waals surface area (Å²) >= 11 is 0. The van der Waals surface area contributed by atoms with Crippen LogP contribution in [0.1, 0.15) is 16.8 Å². The highest BCUT2D eigenvalue weighted by molar-refractivity contribution is 5.98. The molecule has 0 N–H and O–H groups in total. The first-order valence-corrected chi connectivity index (χ1v) is 11.3. The number of nitrogens with zero attached hydrogens (tertiary/aromatic N) is 6. The van der Waals surface area contributed by atoms with Crippen molar-refractivity contribution >= 4 is 16.8 Å². The van der Waals surface area contributed by atoms with Crippen molar-refractivity contribution in [2.75, 3.05) is 27.2 Å². The fraction of sp³-hybridized carbons (Fsp3) is 0.269. The lowest BCUT2D eigenvalue weighted by Gasteiger charge is -2.32. The summed E-state index contributed by atoms with van der Waals surface area (Å²) in [5, 5.41) is 0.893. The summed E-state index contributed by atoms with van der Waals surface area (Å²) in [6, 6.07) is 12.5. The van der Waals surface area contributed by atoms with Gasteiger partial charge in [-0.05, 0) is 43.3 Å². The van der Waals surface area contributed by atoms with Crippen molar-refractivity contribution in [2.24, 2.45) is 0 Å². The quantitative estimate of drug-likeness (QED) is 0.470. The third-order valence-corrected chi connectivity index (χ3v) is 6.95. The van der Waals surface area contributed by atoms with E-state index in [1.807, 2.05) is 35.2 Å². The second kappa shape index (κ2) is 8.14. The van der Waals surface area contributed by atoms with Gasteiger partial charge in [0, 0.05) is 66.3 Å². The van der Waals surface area contributed by atoms with Gasteiger partial charge in [-0.15, -0.1) is 0 Å². The molecule has 2 bridgehead atoms. The van der Waals surface area contributed by atoms with Crippen LogP contribution in [0.4, 0.5) is 0 Å². The average molecular weight is 453 g/mol. The van der Waals surface area contributed by atoms with Crippen molar-refractivity contribution in [3.63, 3.8) is 0 Å². The number of pyridine rings is 2. The van der Waals surface area contributed by atoms with E-state index in [1.165, 1.54) is 0 Å². The van der Waals surface area contributed by atoms with E-state index in [0.717, 1.165) is 52.8 Å². The maximum Gasteiger partial charge on any atom is 0.255 e. The lowest BCUT2D eigenvalue weighted by atomic mass is 10.0. The number of fused-ring (bicyclic) bond motifs is 3. The zero-order valence-corrected chi connectivity index (χ0v) is 19.0. The van der Waals surface area contributed by atoms with E-state index >= 15 is 0 Å². The largest absolute Gasteiger partial charge is 0.481 e. The molecule has 4 aromatic rings. The summed E-state index contributed by atoms with van der Waals surface area (Å²) in [6.45, 7) is 1.71. The topological polar surface area (TPSA) is 84.3 Å². The molecule has 34 heavy (non-hydrogen) atoms. The Morgan fingerprint density at radius 3 is 2.56 bits per heavy atom. The van der Waals surface area contributed by atoms with Crippen molar-refractivity contribution in [2.45, 2.75) is 18.5 Å². The van der Waals surface area contributed by atoms with E-state index < -0.39 is 0 Å². The van der Waals surface area contributed by atoms with E-state index in [0.29, 0.717) is 17.5 Å². The molecule has 3 aromatic heterocycles. The highest BCUT2D eigenvalue weighted by Crippen LogP contribution is 2.32. The van der Waals surface area contributed by atoms with Gasteiger partial charge in [0.15, 0.2) is 0 Å². The zero-order valence-electron chi connectivity index (χ0n) is 19.0. The summed E-state index contributed by atoms with van der Waals surface area (Å²) in [7, 11) is 3.73. The molecule has 8 nitrogen and oxygen atoms in total. The van der Waals surface area contributed by atoms with Gasteiger partial charge in [0.05, 0.1) is 23.9 Å². The Balaban J connectivity index is 1.36. The highest BCUT2D eigenvalue weighted by atomic mass is 16.5. The Morgan fingerprint density at radius 1 is 0.941 bits per heavy atom. The van der Waals surface area contributed by atoms with Crippen LogP contribution in [0.25, 0.3) is 33.3 Å². The summed E-state index contributed by atoms with van der Waals surface area (Å²) < 4.78 is 5.17. The summed E-state index contributed by atoms with van der Waals surface area (Å²) in [5.74, 6) is 0.609. The number of aromatic nitrogens is 4. The van der Waals surface area contributed by atoms with Crippen molar-refractivity contribution < 1.29 is 9.53 Å². The first-order chi connectivity index (χ1) is 16.6. The predicted octanol–water partition coefficient (Wildman–Crippen LogP) is 3.29. The SMILES string of the molecule is COc1ccc(-c2ccc3ncnc(-c4cncc(C(=O)N5C[C@@H]6C[C@H]5CN6C)c4)c3c2)cn1. The van der Waals surface area contributed by atoms with Gasteiger partial charge in [0.25, 0.3) is 5.91 Å². The van der Waals surface area contributed by atoms with Crippen LogP contribution >= 0.6 is 0 Å². The van der Waals surface area contributed by atoms with Crippen LogP contribution in [0.5, 0.6) is 5.88 Å². The van der Waals surface area contributed by atoms with Crippen LogP contribution in [0.3, 0.4) is 0 Å². The highest BCUT2D eigenvalue weighted by Gasteiger charge is 2.43. The van der Waals surface area contributed by atoms with Crippen LogP contribution < -0.4 is 4.74 Å². The van der Waals surface area contributed by atoms with Gasteiger partial charge < -0.3 is 9.64 Å². The summed E-state index contributed by atoms with van der Waals surface area (Å²) in [4.78, 5) is 35.4. The molecule has 1 amide bonds. The Bertz CT molecular complexity index is 1390. The smallest absolute Gasteiger partial charge is 0.255 e. The Morgan fingerprint density at radius 2 is 1.82 bits per heavy atom. The molecule has 8 heteroatoms. The monoisotopic (exact) mass is 452 g/mol. The van der Waals surface area contributed by atoms with Crippen LogP contribution in [0.15, 0.2) is 61.3 Å². The lowest BCUT2D eigenvalue weighted by Crippen LogP contribution is -2.47. The number of benzene rings is 1. The summed E-state index contributed by atoms with van der Waals surface area (Å²) in [6.07, 6.45) is 7.79. The number of piperazine rings is 1. The van der Waals surface area contributed by atoms with E-state index in [2.05, 4.69) is 37.9 Å². The van der Waals surface area contributed by atoms with Gasteiger partial charge in [-0.2, -0.15) is 0 Å². The van der Waals surface area contributed by atoms with Gasteiger partial charge >= 0.3 is 0 Å². The average Bonchev–Trinajstić information content (AvgIpc) is 3.47. The predicted molar refractivity (Wildman–Crippen MR) is 128 cm³/mol. The molecule has 5 heterocycles. The van der Waals surface area contributed by atoms with Gasteiger partial charge in [0.2, 0.25) is 5.88 Å². The Labute approximate surface area is 197 Å². The molecule has 2 fully saturated rings. The molecule has 2 atom stereocenters. The molecule has 0 spiro atoms. The fourth-order valence-electron chi connectivity index (χ4n) is 5.10. The van der Waals surface area contributed by atoms with Crippen molar-refractivity contribution in [1.82, 2.24) is 29.7 Å². The number of rotatable bonds is 4. The lowest BCUT2D eigenvalue weighted by molar-refractivity contribution is 0.0650. The number of likely N-dealkylation sites (tertiary alicyclic amines) is 2. The molecular formula is C26H24N6O2. The van der Waals surface area contributed by atoms with Crippen molar-refractivity contribution in [3.8, 4) is 28.3 Å². The molecule has 2 aliphatic rings. The minimum atomic E-state index is 0.0401.